The van der Waals surface area contributed by atoms with Gasteiger partial charge in [0.05, 0.1) is 0 Å². The van der Waals surface area contributed by atoms with Crippen LogP contribution in [-0.2, 0) is 8.17 Å². The van der Waals surface area contributed by atoms with Crippen LogP contribution in [0.1, 0.15) is 13.8 Å². The van der Waals surface area contributed by atoms with E-state index in [2.05, 4.69) is 86.2 Å². The van der Waals surface area contributed by atoms with Crippen molar-refractivity contribution in [2.45, 2.75) is 46.7 Å². The molecule has 0 aliphatic heterocycles. The molecule has 0 nitrogen and oxygen atoms in total. The summed E-state index contributed by atoms with van der Waals surface area (Å²) in [7, 11) is -4.83. The molecule has 0 radical (unpaired) electrons. The Morgan fingerprint density at radius 3 is 1.35 bits per heavy atom. The first-order chi connectivity index (χ1) is 6.89. The Balaban J connectivity index is 4.68. The van der Waals surface area contributed by atoms with Crippen LogP contribution in [0.4, 0.5) is 0 Å². The topological polar surface area (TPSA) is 0 Å². The first-order valence-electron chi connectivity index (χ1n) is 5.77. The van der Waals surface area contributed by atoms with Gasteiger partial charge in [-0.1, -0.05) is 0 Å². The van der Waals surface area contributed by atoms with Gasteiger partial charge in [-0.2, -0.15) is 0 Å². The van der Waals surface area contributed by atoms with Crippen molar-refractivity contribution >= 4 is 13.3 Å². The standard InChI is InChI=1S/C6H5.2C2H4.6CH3.Os/c1-2-4-6-5-3-1;2*1-2;;;;;;;/h1-5H;2*1H,2H3;6*1H3;. The summed E-state index contributed by atoms with van der Waals surface area (Å²) in [6.07, 6.45) is 0. The molecule has 0 aliphatic rings. The zero-order valence-corrected chi connectivity index (χ0v) is 15.4. The van der Waals surface area contributed by atoms with Crippen molar-refractivity contribution < 1.29 is 8.17 Å². The Hall–Kier alpha value is -0.404. The minimum atomic E-state index is -4.83. The molecule has 0 aliphatic carbocycles. The van der Waals surface area contributed by atoms with Crippen molar-refractivity contribution in [3.05, 3.63) is 30.3 Å². The fraction of sp³-hybridized carbons (Fsp3) is 0.500. The van der Waals surface area contributed by atoms with Gasteiger partial charge in [0, 0.05) is 0 Å². The van der Waals surface area contributed by atoms with Crippen LogP contribution in [0.15, 0.2) is 30.3 Å². The molecule has 1 aromatic carbocycles. The van der Waals surface area contributed by atoms with Crippen LogP contribution < -0.4 is 4.12 Å². The van der Waals surface area contributed by atoms with Crippen LogP contribution in [0, 0.1) is 0 Å². The van der Waals surface area contributed by atoms with E-state index in [-0.39, 0.29) is 0 Å². The average Bonchev–Trinajstić information content (AvgIpc) is 2.20. The molecule has 0 saturated carbocycles. The predicted octanol–water partition coefficient (Wildman–Crippen LogP) is 5.08. The zero-order valence-electron chi connectivity index (χ0n) is 12.9. The number of benzene rings is 1. The molecule has 0 unspecified atom stereocenters. The van der Waals surface area contributed by atoms with Gasteiger partial charge >= 0.3 is 98.5 Å². The minimum absolute atomic E-state index is 1.43. The van der Waals surface area contributed by atoms with Crippen LogP contribution >= 0.6 is 0 Å². The third kappa shape index (κ3) is 1.84. The summed E-state index contributed by atoms with van der Waals surface area (Å²) >= 11 is 0. The van der Waals surface area contributed by atoms with E-state index in [0.717, 1.165) is 0 Å². The van der Waals surface area contributed by atoms with E-state index in [1.165, 1.54) is 4.12 Å². The summed E-state index contributed by atoms with van der Waals surface area (Å²) in [6, 6.07) is 11.0. The average molecular weight is 414 g/mol. The Morgan fingerprint density at radius 2 is 1.06 bits per heavy atom. The van der Waals surface area contributed by atoms with Crippen LogP contribution in [0.2, 0.25) is 32.9 Å². The summed E-state index contributed by atoms with van der Waals surface area (Å²) in [4.78, 5) is 0. The quantitative estimate of drug-likeness (QED) is 0.602. The van der Waals surface area contributed by atoms with E-state index < -0.39 is 8.17 Å². The first kappa shape index (κ1) is 14.7. The van der Waals surface area contributed by atoms with Gasteiger partial charge < -0.3 is 0 Å². The second kappa shape index (κ2) is 1.60. The molecule has 0 amide bonds. The number of rotatable bonds is 1. The van der Waals surface area contributed by atoms with E-state index in [0.29, 0.717) is 0 Å². The molecule has 0 saturated heterocycles. The second-order valence-electron chi connectivity index (χ2n) is 10.8. The third-order valence-electron chi connectivity index (χ3n) is 5.07. The summed E-state index contributed by atoms with van der Waals surface area (Å²) in [5, 5.41) is 0. The number of hydrogen-bond acceptors (Lipinski definition) is 0. The second-order valence-corrected chi connectivity index (χ2v) is 80.9. The Labute approximate surface area is 98.3 Å². The van der Waals surface area contributed by atoms with Gasteiger partial charge in [-0.3, -0.25) is 0 Å². The summed E-state index contributed by atoms with van der Waals surface area (Å²) in [5.41, 5.74) is 14.9. The maximum atomic E-state index is 2.48. The molecule has 1 rings (SSSR count). The van der Waals surface area contributed by atoms with Crippen molar-refractivity contribution in [1.29, 1.82) is 0 Å². The van der Waals surface area contributed by atoms with Crippen LogP contribution in [0.25, 0.3) is 0 Å². The van der Waals surface area contributed by atoms with E-state index >= 15 is 0 Å². The van der Waals surface area contributed by atoms with Crippen LogP contribution in [0.5, 0.6) is 0 Å². The fourth-order valence-corrected chi connectivity index (χ4v) is 10.7. The van der Waals surface area contributed by atoms with Gasteiger partial charge in [-0.05, 0) is 0 Å². The van der Waals surface area contributed by atoms with Gasteiger partial charge in [0.15, 0.2) is 0 Å². The fourth-order valence-electron chi connectivity index (χ4n) is 1.61. The summed E-state index contributed by atoms with van der Waals surface area (Å²) in [6.45, 7) is 4.44. The van der Waals surface area contributed by atoms with E-state index in [1.807, 2.05) is 0 Å². The molecule has 0 fully saturated rings. The molecule has 0 bridgehead atoms. The van der Waals surface area contributed by atoms with Gasteiger partial charge in [-0.15, -0.1) is 0 Å². The van der Waals surface area contributed by atoms with Gasteiger partial charge in [-0.25, -0.2) is 0 Å². The molecule has 0 aromatic heterocycles. The SMILES string of the molecule is C[CH]=[Os]([CH3])([CH3])([CH3])([CH3])([CH3])([CH3])(=[CH]C)[c]1ccccc1. The van der Waals surface area contributed by atoms with E-state index in [1.54, 1.807) is 0 Å². The van der Waals surface area contributed by atoms with E-state index in [9.17, 15) is 0 Å². The van der Waals surface area contributed by atoms with Crippen molar-refractivity contribution in [3.63, 3.8) is 0 Å². The van der Waals surface area contributed by atoms with Crippen LogP contribution in [0.3, 0.4) is 0 Å². The molecule has 0 spiro atoms. The number of hydrogen-bond donors (Lipinski definition) is 0. The monoisotopic (exact) mass is 415 g/mol. The van der Waals surface area contributed by atoms with Gasteiger partial charge in [0.1, 0.15) is 0 Å². The van der Waals surface area contributed by atoms with Crippen molar-refractivity contribution in [1.82, 2.24) is 0 Å². The molecule has 0 atom stereocenters. The third-order valence-corrected chi connectivity index (χ3v) is 37.2. The molecule has 0 N–H and O–H groups in total. The molecule has 1 aromatic rings. The van der Waals surface area contributed by atoms with Crippen molar-refractivity contribution in [2.24, 2.45) is 0 Å². The van der Waals surface area contributed by atoms with Crippen molar-refractivity contribution in [2.75, 3.05) is 0 Å². The Kier molecular flexibility index (Phi) is 1.38. The molecular formula is C16H31Os. The van der Waals surface area contributed by atoms with E-state index in [4.69, 9.17) is 0 Å². The summed E-state index contributed by atoms with van der Waals surface area (Å²) < 4.78 is 6.40. The molecule has 0 heterocycles. The maximum absolute atomic E-state index is 4.83. The van der Waals surface area contributed by atoms with Gasteiger partial charge in [0.25, 0.3) is 0 Å². The normalized spacial score (nSPS) is 24.8. The molecular weight excluding hydrogens is 382 g/mol. The molecule has 17 heavy (non-hydrogen) atoms. The predicted molar refractivity (Wildman–Crippen MR) is 84.7 cm³/mol. The first-order valence-corrected chi connectivity index (χ1v) is 25.2. The van der Waals surface area contributed by atoms with Crippen molar-refractivity contribution in [3.8, 4) is 0 Å². The van der Waals surface area contributed by atoms with Crippen LogP contribution in [-0.4, -0.2) is 9.14 Å². The summed E-state index contributed by atoms with van der Waals surface area (Å²) in [5.74, 6) is 0. The Morgan fingerprint density at radius 1 is 0.706 bits per heavy atom. The van der Waals surface area contributed by atoms with Gasteiger partial charge in [0.2, 0.25) is 0 Å². The molecule has 103 valence electrons. The zero-order chi connectivity index (χ0) is 13.9. The Bertz CT molecular complexity index is 743. The molecule has 1 heteroatoms.